The number of aliphatic hydroxyl groups excluding tert-OH is 1. The zero-order chi connectivity index (χ0) is 53.2. The number of aliphatic hydroxyl groups is 1. The summed E-state index contributed by atoms with van der Waals surface area (Å²) in [6.45, 7) is 17.8. The van der Waals surface area contributed by atoms with Crippen molar-refractivity contribution >= 4 is 47.4 Å². The average Bonchev–Trinajstić information content (AvgIpc) is 3.31. The molecule has 17 nitrogen and oxygen atoms in total. The number of nitrogens with zero attached hydrogens (tertiary/aromatic N) is 4. The van der Waals surface area contributed by atoms with Crippen LogP contribution in [-0.4, -0.2) is 156 Å². The van der Waals surface area contributed by atoms with Crippen molar-refractivity contribution in [2.24, 2.45) is 23.7 Å². The van der Waals surface area contributed by atoms with Gasteiger partial charge in [0.2, 0.25) is 0 Å². The second-order valence-corrected chi connectivity index (χ2v) is 19.8. The Kier molecular flexibility index (Phi) is 24.7. The highest BCUT2D eigenvalue weighted by Gasteiger charge is 2.42. The number of esters is 4. The number of nitrogens with one attached hydrogen (secondary N) is 1. The third-order valence-electron chi connectivity index (χ3n) is 12.1. The molecule has 1 saturated heterocycles. The maximum atomic E-state index is 14.7. The van der Waals surface area contributed by atoms with Gasteiger partial charge in [-0.1, -0.05) is 116 Å². The molecule has 1 heterocycles. The van der Waals surface area contributed by atoms with Gasteiger partial charge < -0.3 is 43.7 Å². The third-order valence-corrected chi connectivity index (χ3v) is 12.1. The Labute approximate surface area is 416 Å². The van der Waals surface area contributed by atoms with E-state index in [0.29, 0.717) is 11.1 Å². The van der Waals surface area contributed by atoms with E-state index >= 15 is 0 Å². The van der Waals surface area contributed by atoms with Crippen LogP contribution in [0.3, 0.4) is 0 Å². The van der Waals surface area contributed by atoms with Crippen molar-refractivity contribution in [3.05, 3.63) is 71.8 Å². The minimum atomic E-state index is -1.45. The molecule has 4 unspecified atom stereocenters. The van der Waals surface area contributed by atoms with Crippen molar-refractivity contribution in [1.29, 1.82) is 5.41 Å². The lowest BCUT2D eigenvalue weighted by Crippen LogP contribution is -2.54. The van der Waals surface area contributed by atoms with Crippen LogP contribution < -0.4 is 0 Å². The van der Waals surface area contributed by atoms with Crippen LogP contribution in [-0.2, 0) is 65.4 Å². The Morgan fingerprint density at radius 1 is 0.443 bits per heavy atom. The summed E-state index contributed by atoms with van der Waals surface area (Å²) in [5, 5.41) is 16.2. The lowest BCUT2D eigenvalue weighted by atomic mass is 10.00. The van der Waals surface area contributed by atoms with Crippen LogP contribution in [0, 0.1) is 29.1 Å². The molecule has 0 bridgehead atoms. The fourth-order valence-electron chi connectivity index (χ4n) is 8.16. The highest BCUT2D eigenvalue weighted by atomic mass is 16.6. The maximum absolute atomic E-state index is 14.7. The first-order valence-electron chi connectivity index (χ1n) is 24.3. The SMILES string of the molecule is CC(C)C[C@H]1C(=O)OC(Cc2ccccc2)C(=O)N(C)[C@@H](CC(C)C)C(=O)OC(C)C(=O)N(C)[C@@H](CC(C)C)C(=O)OC(Cc2ccccc2)C(=O)N(C)[C@@H](CC(C)C)C(=O)OC(C)C(=N)N1C.CO. The van der Waals surface area contributed by atoms with Gasteiger partial charge in [0.1, 0.15) is 30.0 Å². The fourth-order valence-corrected chi connectivity index (χ4v) is 8.16. The molecule has 0 spiro atoms. The van der Waals surface area contributed by atoms with Crippen molar-refractivity contribution in [3.8, 4) is 0 Å². The average molecular weight is 980 g/mol. The first-order chi connectivity index (χ1) is 32.8. The molecule has 2 N–H and O–H groups in total. The van der Waals surface area contributed by atoms with Crippen molar-refractivity contribution < 1.29 is 57.6 Å². The van der Waals surface area contributed by atoms with E-state index in [4.69, 9.17) is 24.1 Å². The van der Waals surface area contributed by atoms with Crippen molar-refractivity contribution in [2.45, 2.75) is 156 Å². The number of hydrogen-bond donors (Lipinski definition) is 2. The molecule has 390 valence electrons. The van der Waals surface area contributed by atoms with Gasteiger partial charge in [0.05, 0.1) is 0 Å². The lowest BCUT2D eigenvalue weighted by Gasteiger charge is -2.36. The molecule has 3 rings (SSSR count). The molecule has 2 aromatic carbocycles. The van der Waals surface area contributed by atoms with Crippen molar-refractivity contribution in [1.82, 2.24) is 19.6 Å². The first kappa shape index (κ1) is 60.3. The third kappa shape index (κ3) is 17.8. The molecule has 1 aliphatic rings. The van der Waals surface area contributed by atoms with Crippen LogP contribution >= 0.6 is 0 Å². The predicted octanol–water partition coefficient (Wildman–Crippen LogP) is 5.72. The molecule has 8 atom stereocenters. The minimum absolute atomic E-state index is 0.0501. The van der Waals surface area contributed by atoms with Gasteiger partial charge in [-0.05, 0) is 74.3 Å². The summed E-state index contributed by atoms with van der Waals surface area (Å²) in [4.78, 5) is 106. The van der Waals surface area contributed by atoms with E-state index in [9.17, 15) is 39.0 Å². The smallest absolute Gasteiger partial charge is 0.329 e. The van der Waals surface area contributed by atoms with Crippen LogP contribution in [0.15, 0.2) is 60.7 Å². The number of hydrogen-bond acceptors (Lipinski definition) is 13. The van der Waals surface area contributed by atoms with E-state index < -0.39 is 90.2 Å². The van der Waals surface area contributed by atoms with Gasteiger partial charge in [0, 0.05) is 48.1 Å². The zero-order valence-corrected chi connectivity index (χ0v) is 44.2. The summed E-state index contributed by atoms with van der Waals surface area (Å²) in [7, 11) is 6.75. The van der Waals surface area contributed by atoms with Crippen LogP contribution in [0.1, 0.15) is 106 Å². The second kappa shape index (κ2) is 28.7. The first-order valence-corrected chi connectivity index (χ1v) is 24.3. The summed E-state index contributed by atoms with van der Waals surface area (Å²) in [6.07, 6.45) is -5.06. The molecule has 0 radical (unpaired) electrons. The number of cyclic esters (lactones) is 4. The molecule has 0 aromatic heterocycles. The molecule has 17 heteroatoms. The zero-order valence-electron chi connectivity index (χ0n) is 44.2. The van der Waals surface area contributed by atoms with E-state index in [2.05, 4.69) is 0 Å². The quantitative estimate of drug-likeness (QED) is 0.193. The normalized spacial score (nSPS) is 24.6. The Bertz CT molecular complexity index is 1870. The van der Waals surface area contributed by atoms with Gasteiger partial charge in [0.15, 0.2) is 24.4 Å². The molecular weight excluding hydrogens is 899 g/mol. The van der Waals surface area contributed by atoms with Crippen LogP contribution in [0.2, 0.25) is 0 Å². The van der Waals surface area contributed by atoms with Gasteiger partial charge >= 0.3 is 23.9 Å². The Hall–Kier alpha value is -5.84. The summed E-state index contributed by atoms with van der Waals surface area (Å²) >= 11 is 0. The van der Waals surface area contributed by atoms with E-state index in [1.165, 1.54) is 56.7 Å². The van der Waals surface area contributed by atoms with E-state index in [1.54, 1.807) is 54.6 Å². The standard InChI is InChI=1S/C52H77N5O11.CH4O/c1-31(2)25-39-51(63)67-43(29-37-21-17-15-18-22-37)47(59)57(14)41(27-33(5)6)50(62)66-36(10)46(58)55(12)42(28-34(7)8)52(64)68-44(30-38-23-19-16-20-24-38)48(60)56(13)40(26-32(3)4)49(61)65-35(9)45(53)54(39)11;1-2/h15-24,31-36,39-44,53H,25-30H2,1-14H3;2H,1H3/t35?,36?,39-,40-,41-,42-,43?,44?;/m0./s1. The predicted molar refractivity (Wildman–Crippen MR) is 266 cm³/mol. The lowest BCUT2D eigenvalue weighted by molar-refractivity contribution is -0.174. The van der Waals surface area contributed by atoms with Crippen molar-refractivity contribution in [3.63, 3.8) is 0 Å². The second-order valence-electron chi connectivity index (χ2n) is 19.8. The number of rotatable bonds is 12. The summed E-state index contributed by atoms with van der Waals surface area (Å²) in [5.74, 6) is -6.25. The van der Waals surface area contributed by atoms with E-state index in [-0.39, 0.29) is 68.0 Å². The largest absolute Gasteiger partial charge is 0.453 e. The number of benzene rings is 2. The number of amides is 3. The van der Waals surface area contributed by atoms with Gasteiger partial charge in [-0.25, -0.2) is 19.2 Å². The summed E-state index contributed by atoms with van der Waals surface area (Å²) in [5.41, 5.74) is 1.34. The van der Waals surface area contributed by atoms with Gasteiger partial charge in [-0.15, -0.1) is 0 Å². The molecule has 70 heavy (non-hydrogen) atoms. The molecule has 0 aliphatic carbocycles. The number of carbonyl (C=O) groups excluding carboxylic acids is 7. The molecular formula is C53H81N5O12. The van der Waals surface area contributed by atoms with E-state index in [0.717, 1.165) is 12.0 Å². The molecule has 3 amide bonds. The fraction of sp³-hybridized carbons (Fsp3) is 0.623. The van der Waals surface area contributed by atoms with Crippen LogP contribution in [0.4, 0.5) is 0 Å². The molecule has 1 fully saturated rings. The highest BCUT2D eigenvalue weighted by molar-refractivity contribution is 5.95. The number of likely N-dealkylation sites (N-methyl/N-ethyl adjacent to an activating group) is 4. The van der Waals surface area contributed by atoms with Gasteiger partial charge in [0.25, 0.3) is 17.7 Å². The topological polar surface area (TPSA) is 213 Å². The maximum Gasteiger partial charge on any atom is 0.329 e. The molecule has 2 aromatic rings. The number of amidine groups is 1. The molecule has 0 saturated carbocycles. The van der Waals surface area contributed by atoms with E-state index in [1.807, 2.05) is 61.5 Å². The Balaban J connectivity index is 0.00000829. The van der Waals surface area contributed by atoms with Crippen molar-refractivity contribution in [2.75, 3.05) is 35.3 Å². The molecule has 1 aliphatic heterocycles. The van der Waals surface area contributed by atoms with Crippen LogP contribution in [0.25, 0.3) is 0 Å². The number of carbonyl (C=O) groups is 7. The van der Waals surface area contributed by atoms with Crippen LogP contribution in [0.5, 0.6) is 0 Å². The Morgan fingerprint density at radius 3 is 1.03 bits per heavy atom. The summed E-state index contributed by atoms with van der Waals surface area (Å²) < 4.78 is 24.0. The number of ether oxygens (including phenoxy) is 4. The van der Waals surface area contributed by atoms with Gasteiger partial charge in [-0.2, -0.15) is 0 Å². The minimum Gasteiger partial charge on any atom is -0.453 e. The summed E-state index contributed by atoms with van der Waals surface area (Å²) in [6, 6.07) is 13.1. The highest BCUT2D eigenvalue weighted by Crippen LogP contribution is 2.24. The van der Waals surface area contributed by atoms with Gasteiger partial charge in [-0.3, -0.25) is 19.8 Å². The monoisotopic (exact) mass is 980 g/mol. The Morgan fingerprint density at radius 2 is 0.714 bits per heavy atom.